The number of hydrogen-bond donors (Lipinski definition) is 2. The van der Waals surface area contributed by atoms with E-state index >= 15 is 0 Å². The summed E-state index contributed by atoms with van der Waals surface area (Å²) in [6.07, 6.45) is 3.07. The van der Waals surface area contributed by atoms with Crippen LogP contribution < -0.4 is 11.3 Å². The molecule has 4 heterocycles. The van der Waals surface area contributed by atoms with Crippen LogP contribution in [0.3, 0.4) is 0 Å². The van der Waals surface area contributed by atoms with E-state index in [1.54, 1.807) is 12.1 Å². The molecule has 2 bridgehead atoms. The highest BCUT2D eigenvalue weighted by atomic mass is 17.3. The van der Waals surface area contributed by atoms with Crippen molar-refractivity contribution in [1.29, 1.82) is 0 Å². The zero-order valence-electron chi connectivity index (χ0n) is 18.3. The van der Waals surface area contributed by atoms with E-state index < -0.39 is 24.0 Å². The smallest absolute Gasteiger partial charge is 0.265 e. The maximum absolute atomic E-state index is 11.6. The Bertz CT molecular complexity index is 834. The molecule has 1 saturated carbocycles. The Morgan fingerprint density at radius 1 is 1.16 bits per heavy atom. The maximum Gasteiger partial charge on any atom is 0.265 e. The molecule has 3 N–H and O–H groups in total. The standard InChI is InChI=1S/C23H32N2O6/c1-13-4-9-18-14(2)20(27-12-15-5-7-16(8-6-15)19(26)25-24)28-21-23(18)17(13)10-11-22(3,29-21)30-31-23/h5-8,13-14,17-18,20-21H,4,9-12,24H2,1-3H3,(H,25,26)/t13-,14-,17?,18+,20+,21-,22+,23-/m1/s1. The Labute approximate surface area is 182 Å². The van der Waals surface area contributed by atoms with Gasteiger partial charge in [-0.1, -0.05) is 26.0 Å². The number of carbonyl (C=O) groups excluding carboxylic acids is 1. The molecule has 1 unspecified atom stereocenters. The average Bonchev–Trinajstić information content (AvgIpc) is 3.01. The third kappa shape index (κ3) is 3.41. The zero-order valence-corrected chi connectivity index (χ0v) is 18.3. The number of rotatable bonds is 4. The molecule has 8 nitrogen and oxygen atoms in total. The predicted octanol–water partition coefficient (Wildman–Crippen LogP) is 3.01. The van der Waals surface area contributed by atoms with Crippen LogP contribution in [0.4, 0.5) is 0 Å². The van der Waals surface area contributed by atoms with Gasteiger partial charge in [0.15, 0.2) is 18.2 Å². The third-order valence-corrected chi connectivity index (χ3v) is 7.86. The Balaban J connectivity index is 1.34. The number of fused-ring (bicyclic) bond motifs is 2. The predicted molar refractivity (Wildman–Crippen MR) is 110 cm³/mol. The van der Waals surface area contributed by atoms with Crippen LogP contribution in [0.25, 0.3) is 0 Å². The molecular weight excluding hydrogens is 400 g/mol. The number of ether oxygens (including phenoxy) is 3. The highest BCUT2D eigenvalue weighted by Gasteiger charge is 2.69. The van der Waals surface area contributed by atoms with E-state index in [1.165, 1.54) is 0 Å². The van der Waals surface area contributed by atoms with Gasteiger partial charge in [-0.3, -0.25) is 10.2 Å². The Hall–Kier alpha value is -1.55. The number of hydrazine groups is 1. The molecule has 1 amide bonds. The van der Waals surface area contributed by atoms with Crippen LogP contribution in [0.1, 0.15) is 62.4 Å². The van der Waals surface area contributed by atoms with Crippen LogP contribution in [0, 0.1) is 23.7 Å². The lowest BCUT2D eigenvalue weighted by atomic mass is 9.58. The summed E-state index contributed by atoms with van der Waals surface area (Å²) in [6.45, 7) is 6.77. The van der Waals surface area contributed by atoms with E-state index in [0.29, 0.717) is 24.0 Å². The fraction of sp³-hybridized carbons (Fsp3) is 0.696. The van der Waals surface area contributed by atoms with Gasteiger partial charge >= 0.3 is 0 Å². The molecular formula is C23H32N2O6. The third-order valence-electron chi connectivity index (χ3n) is 7.86. The summed E-state index contributed by atoms with van der Waals surface area (Å²) < 4.78 is 19.0. The molecule has 0 radical (unpaired) electrons. The van der Waals surface area contributed by atoms with Crippen molar-refractivity contribution in [3.63, 3.8) is 0 Å². The van der Waals surface area contributed by atoms with Crippen LogP contribution in [0.15, 0.2) is 24.3 Å². The summed E-state index contributed by atoms with van der Waals surface area (Å²) >= 11 is 0. The largest absolute Gasteiger partial charge is 0.348 e. The number of nitrogens with two attached hydrogens (primary N) is 1. The van der Waals surface area contributed by atoms with E-state index in [-0.39, 0.29) is 17.7 Å². The average molecular weight is 433 g/mol. The molecule has 8 atom stereocenters. The van der Waals surface area contributed by atoms with Crippen molar-refractivity contribution in [3.05, 3.63) is 35.4 Å². The van der Waals surface area contributed by atoms with E-state index in [0.717, 1.165) is 31.2 Å². The second-order valence-corrected chi connectivity index (χ2v) is 9.76. The molecule has 8 heteroatoms. The number of nitrogens with one attached hydrogen (secondary N) is 1. The molecule has 5 fully saturated rings. The van der Waals surface area contributed by atoms with Crippen LogP contribution >= 0.6 is 0 Å². The summed E-state index contributed by atoms with van der Waals surface area (Å²) in [5.74, 6) is 5.31. The second-order valence-electron chi connectivity index (χ2n) is 9.76. The van der Waals surface area contributed by atoms with Gasteiger partial charge in [-0.05, 0) is 55.7 Å². The summed E-state index contributed by atoms with van der Waals surface area (Å²) in [5, 5.41) is 0. The van der Waals surface area contributed by atoms with Crippen molar-refractivity contribution in [2.45, 2.75) is 77.0 Å². The number of nitrogen functional groups attached to an aromatic ring is 1. The molecule has 4 aliphatic heterocycles. The first-order valence-electron chi connectivity index (χ1n) is 11.3. The van der Waals surface area contributed by atoms with Gasteiger partial charge in [0.1, 0.15) is 0 Å². The molecule has 1 aliphatic carbocycles. The minimum atomic E-state index is -0.790. The van der Waals surface area contributed by atoms with Crippen LogP contribution in [-0.4, -0.2) is 29.9 Å². The van der Waals surface area contributed by atoms with Gasteiger partial charge in [-0.15, -0.1) is 0 Å². The molecule has 170 valence electrons. The molecule has 4 saturated heterocycles. The summed E-state index contributed by atoms with van der Waals surface area (Å²) in [4.78, 5) is 23.6. The van der Waals surface area contributed by atoms with Crippen molar-refractivity contribution in [2.24, 2.45) is 29.5 Å². The molecule has 5 aliphatic rings. The minimum absolute atomic E-state index is 0.128. The summed E-state index contributed by atoms with van der Waals surface area (Å²) in [7, 11) is 0. The van der Waals surface area contributed by atoms with E-state index in [2.05, 4.69) is 19.3 Å². The van der Waals surface area contributed by atoms with Crippen molar-refractivity contribution in [3.8, 4) is 0 Å². The van der Waals surface area contributed by atoms with Gasteiger partial charge in [-0.25, -0.2) is 15.6 Å². The lowest BCUT2D eigenvalue weighted by Crippen LogP contribution is -2.70. The van der Waals surface area contributed by atoms with Gasteiger partial charge in [0, 0.05) is 23.8 Å². The summed E-state index contributed by atoms with van der Waals surface area (Å²) in [5.41, 5.74) is 3.01. The molecule has 6 rings (SSSR count). The first-order chi connectivity index (χ1) is 14.9. The van der Waals surface area contributed by atoms with Crippen molar-refractivity contribution >= 4 is 5.91 Å². The second kappa shape index (κ2) is 7.79. The number of amides is 1. The topological polar surface area (TPSA) is 101 Å². The molecule has 31 heavy (non-hydrogen) atoms. The number of carbonyl (C=O) groups is 1. The molecule has 1 spiro atoms. The van der Waals surface area contributed by atoms with Gasteiger partial charge in [0.25, 0.3) is 5.91 Å². The van der Waals surface area contributed by atoms with E-state index in [9.17, 15) is 4.79 Å². The number of benzene rings is 1. The monoisotopic (exact) mass is 432 g/mol. The zero-order chi connectivity index (χ0) is 21.8. The van der Waals surface area contributed by atoms with E-state index in [1.807, 2.05) is 19.1 Å². The highest BCUT2D eigenvalue weighted by molar-refractivity contribution is 5.93. The number of hydrogen-bond acceptors (Lipinski definition) is 7. The van der Waals surface area contributed by atoms with Gasteiger partial charge < -0.3 is 14.2 Å². The highest BCUT2D eigenvalue weighted by Crippen LogP contribution is 2.60. The van der Waals surface area contributed by atoms with Gasteiger partial charge in [0.2, 0.25) is 5.79 Å². The molecule has 1 aromatic carbocycles. The van der Waals surface area contributed by atoms with Crippen LogP contribution in [0.5, 0.6) is 0 Å². The molecule has 1 aromatic rings. The fourth-order valence-electron chi connectivity index (χ4n) is 6.08. The minimum Gasteiger partial charge on any atom is -0.348 e. The van der Waals surface area contributed by atoms with Crippen molar-refractivity contribution < 1.29 is 28.8 Å². The fourth-order valence-corrected chi connectivity index (χ4v) is 6.08. The quantitative estimate of drug-likeness (QED) is 0.326. The lowest BCUT2D eigenvalue weighted by Gasteiger charge is -2.60. The normalized spacial score (nSPS) is 43.7. The maximum atomic E-state index is 11.6. The van der Waals surface area contributed by atoms with E-state index in [4.69, 9.17) is 29.8 Å². The van der Waals surface area contributed by atoms with Crippen LogP contribution in [-0.2, 0) is 30.6 Å². The van der Waals surface area contributed by atoms with Crippen LogP contribution in [0.2, 0.25) is 0 Å². The van der Waals surface area contributed by atoms with Gasteiger partial charge in [0.05, 0.1) is 6.61 Å². The Morgan fingerprint density at radius 2 is 1.94 bits per heavy atom. The van der Waals surface area contributed by atoms with Gasteiger partial charge in [-0.2, -0.15) is 0 Å². The molecule has 0 aromatic heterocycles. The van der Waals surface area contributed by atoms with Crippen molar-refractivity contribution in [2.75, 3.05) is 0 Å². The Morgan fingerprint density at radius 3 is 2.68 bits per heavy atom. The first kappa shape index (κ1) is 21.3. The summed E-state index contributed by atoms with van der Waals surface area (Å²) in [6, 6.07) is 7.18. The first-order valence-corrected chi connectivity index (χ1v) is 11.3. The lowest BCUT2D eigenvalue weighted by molar-refractivity contribution is -0.577. The Kier molecular flexibility index (Phi) is 5.36. The van der Waals surface area contributed by atoms with Crippen molar-refractivity contribution in [1.82, 2.24) is 5.43 Å². The SMILES string of the molecule is C[C@H]1[C@@H](OCc2ccc(C(=O)NN)cc2)O[C@@H]2O[C@]3(C)CCC4[C@H](C)CC[C@@H]1[C@]42OO3.